The summed E-state index contributed by atoms with van der Waals surface area (Å²) in [5.41, 5.74) is 2.80. The molecule has 0 aromatic heterocycles. The van der Waals surface area contributed by atoms with Crippen molar-refractivity contribution in [1.82, 2.24) is 4.90 Å². The average Bonchev–Trinajstić information content (AvgIpc) is 2.72. The highest BCUT2D eigenvalue weighted by Crippen LogP contribution is 2.41. The van der Waals surface area contributed by atoms with Crippen LogP contribution in [0.2, 0.25) is 0 Å². The fourth-order valence-corrected chi connectivity index (χ4v) is 3.95. The van der Waals surface area contributed by atoms with E-state index < -0.39 is 0 Å². The molecule has 2 aliphatic rings. The van der Waals surface area contributed by atoms with Crippen molar-refractivity contribution in [3.63, 3.8) is 0 Å². The van der Waals surface area contributed by atoms with Crippen molar-refractivity contribution in [3.05, 3.63) is 29.3 Å². The highest BCUT2D eigenvalue weighted by Gasteiger charge is 2.35. The molecule has 3 rings (SSSR count). The maximum atomic E-state index is 9.58. The van der Waals surface area contributed by atoms with Gasteiger partial charge in [-0.3, -0.25) is 4.90 Å². The van der Waals surface area contributed by atoms with Gasteiger partial charge in [0.05, 0.1) is 0 Å². The summed E-state index contributed by atoms with van der Waals surface area (Å²) < 4.78 is 0. The lowest BCUT2D eigenvalue weighted by atomic mass is 9.93. The van der Waals surface area contributed by atoms with Crippen molar-refractivity contribution in [1.29, 1.82) is 0 Å². The number of aryl methyl sites for hydroxylation is 1. The number of benzene rings is 1. The largest absolute Gasteiger partial charge is 0.508 e. The molecule has 98 valence electrons. The minimum atomic E-state index is 0.411. The van der Waals surface area contributed by atoms with Gasteiger partial charge in [-0.2, -0.15) is 0 Å². The van der Waals surface area contributed by atoms with Crippen LogP contribution in [0.25, 0.3) is 0 Å². The van der Waals surface area contributed by atoms with Crippen LogP contribution in [0.15, 0.2) is 18.2 Å². The Hall–Kier alpha value is -1.02. The number of phenolic OH excluding ortho intramolecular Hbond substituents is 1. The maximum Gasteiger partial charge on any atom is 0.115 e. The third-order valence-corrected chi connectivity index (χ3v) is 4.79. The van der Waals surface area contributed by atoms with Crippen LogP contribution in [0.5, 0.6) is 5.75 Å². The molecule has 18 heavy (non-hydrogen) atoms. The summed E-state index contributed by atoms with van der Waals surface area (Å²) >= 11 is 0. The van der Waals surface area contributed by atoms with Crippen LogP contribution in [-0.2, 0) is 6.42 Å². The van der Waals surface area contributed by atoms with Gasteiger partial charge in [-0.05, 0) is 62.8 Å². The molecule has 1 aromatic rings. The highest BCUT2D eigenvalue weighted by atomic mass is 16.3. The summed E-state index contributed by atoms with van der Waals surface area (Å²) in [5, 5.41) is 9.58. The van der Waals surface area contributed by atoms with Crippen LogP contribution >= 0.6 is 0 Å². The van der Waals surface area contributed by atoms with Crippen LogP contribution in [0.1, 0.15) is 56.7 Å². The van der Waals surface area contributed by atoms with E-state index in [9.17, 15) is 5.11 Å². The zero-order valence-electron chi connectivity index (χ0n) is 11.4. The Morgan fingerprint density at radius 2 is 1.83 bits per heavy atom. The van der Waals surface area contributed by atoms with Crippen molar-refractivity contribution < 1.29 is 5.11 Å². The Labute approximate surface area is 110 Å². The standard InChI is InChI=1S/C16H23NO/c1-11-4-3-5-12(2)17(11)16-9-6-13-10-14(18)7-8-15(13)16/h7-8,10-12,16,18H,3-6,9H2,1-2H3/t11-,12+,16?. The Kier molecular flexibility index (Phi) is 3.06. The molecule has 0 saturated carbocycles. The summed E-state index contributed by atoms with van der Waals surface area (Å²) in [5.74, 6) is 0.411. The quantitative estimate of drug-likeness (QED) is 0.816. The molecule has 3 atom stereocenters. The molecular weight excluding hydrogens is 222 g/mol. The fraction of sp³-hybridized carbons (Fsp3) is 0.625. The minimum absolute atomic E-state index is 0.411. The van der Waals surface area contributed by atoms with Crippen molar-refractivity contribution in [3.8, 4) is 5.75 Å². The topological polar surface area (TPSA) is 23.5 Å². The average molecular weight is 245 g/mol. The molecule has 1 saturated heterocycles. The van der Waals surface area contributed by atoms with Gasteiger partial charge in [0.25, 0.3) is 0 Å². The predicted molar refractivity (Wildman–Crippen MR) is 73.8 cm³/mol. The Balaban J connectivity index is 1.91. The molecule has 1 aliphatic carbocycles. The molecule has 1 aromatic carbocycles. The Morgan fingerprint density at radius 1 is 1.11 bits per heavy atom. The molecule has 1 aliphatic heterocycles. The smallest absolute Gasteiger partial charge is 0.115 e. The van der Waals surface area contributed by atoms with E-state index in [1.54, 1.807) is 0 Å². The van der Waals surface area contributed by atoms with E-state index in [2.05, 4.69) is 24.8 Å². The van der Waals surface area contributed by atoms with Crippen LogP contribution in [0.3, 0.4) is 0 Å². The second-order valence-electron chi connectivity index (χ2n) is 6.01. The molecule has 0 amide bonds. The molecular formula is C16H23NO. The van der Waals surface area contributed by atoms with E-state index >= 15 is 0 Å². The third-order valence-electron chi connectivity index (χ3n) is 4.79. The zero-order chi connectivity index (χ0) is 12.7. The lowest BCUT2D eigenvalue weighted by molar-refractivity contribution is 0.0548. The zero-order valence-corrected chi connectivity index (χ0v) is 11.4. The van der Waals surface area contributed by atoms with E-state index in [1.165, 1.54) is 36.8 Å². The van der Waals surface area contributed by atoms with Crippen LogP contribution in [0, 0.1) is 0 Å². The van der Waals surface area contributed by atoms with E-state index in [-0.39, 0.29) is 0 Å². The molecule has 1 N–H and O–H groups in total. The van der Waals surface area contributed by atoms with Gasteiger partial charge in [0.1, 0.15) is 5.75 Å². The molecule has 2 heteroatoms. The SMILES string of the molecule is C[C@@H]1CCC[C@H](C)N1C1CCc2cc(O)ccc21. The first-order valence-corrected chi connectivity index (χ1v) is 7.26. The number of hydrogen-bond acceptors (Lipinski definition) is 2. The van der Waals surface area contributed by atoms with Gasteiger partial charge < -0.3 is 5.11 Å². The minimum Gasteiger partial charge on any atom is -0.508 e. The molecule has 0 spiro atoms. The van der Waals surface area contributed by atoms with E-state index in [4.69, 9.17) is 0 Å². The first-order valence-electron chi connectivity index (χ1n) is 7.26. The number of nitrogens with zero attached hydrogens (tertiary/aromatic N) is 1. The van der Waals surface area contributed by atoms with Gasteiger partial charge in [-0.1, -0.05) is 12.5 Å². The van der Waals surface area contributed by atoms with Gasteiger partial charge in [0, 0.05) is 18.1 Å². The second-order valence-corrected chi connectivity index (χ2v) is 6.01. The summed E-state index contributed by atoms with van der Waals surface area (Å²) in [7, 11) is 0. The Bertz CT molecular complexity index is 433. The predicted octanol–water partition coefficient (Wildman–Crippen LogP) is 3.64. The lowest BCUT2D eigenvalue weighted by Crippen LogP contribution is -2.45. The van der Waals surface area contributed by atoms with Crippen LogP contribution in [0.4, 0.5) is 0 Å². The first-order chi connectivity index (χ1) is 8.66. The summed E-state index contributed by atoms with van der Waals surface area (Å²) in [6.45, 7) is 4.74. The van der Waals surface area contributed by atoms with E-state index in [0.717, 1.165) is 6.42 Å². The van der Waals surface area contributed by atoms with Gasteiger partial charge in [0.15, 0.2) is 0 Å². The Morgan fingerprint density at radius 3 is 2.56 bits per heavy atom. The normalized spacial score (nSPS) is 32.4. The number of hydrogen-bond donors (Lipinski definition) is 1. The third kappa shape index (κ3) is 1.93. The van der Waals surface area contributed by atoms with Gasteiger partial charge in [-0.25, -0.2) is 0 Å². The maximum absolute atomic E-state index is 9.58. The number of piperidine rings is 1. The molecule has 0 bridgehead atoms. The monoisotopic (exact) mass is 245 g/mol. The van der Waals surface area contributed by atoms with Crippen molar-refractivity contribution >= 4 is 0 Å². The van der Waals surface area contributed by atoms with Crippen LogP contribution < -0.4 is 0 Å². The molecule has 1 fully saturated rings. The number of rotatable bonds is 1. The molecule has 1 heterocycles. The first kappa shape index (κ1) is 12.0. The molecule has 0 radical (unpaired) electrons. The number of aromatic hydroxyl groups is 1. The second kappa shape index (κ2) is 4.58. The summed E-state index contributed by atoms with van der Waals surface area (Å²) in [6, 6.07) is 7.89. The number of phenols is 1. The van der Waals surface area contributed by atoms with Gasteiger partial charge in [0.2, 0.25) is 0 Å². The fourth-order valence-electron chi connectivity index (χ4n) is 3.95. The summed E-state index contributed by atoms with van der Waals surface area (Å²) in [4.78, 5) is 2.71. The van der Waals surface area contributed by atoms with Gasteiger partial charge >= 0.3 is 0 Å². The van der Waals surface area contributed by atoms with Crippen molar-refractivity contribution in [2.24, 2.45) is 0 Å². The van der Waals surface area contributed by atoms with E-state index in [0.29, 0.717) is 23.9 Å². The van der Waals surface area contributed by atoms with Crippen LogP contribution in [-0.4, -0.2) is 22.1 Å². The van der Waals surface area contributed by atoms with Crippen molar-refractivity contribution in [2.45, 2.75) is 64.1 Å². The number of likely N-dealkylation sites (tertiary alicyclic amines) is 1. The van der Waals surface area contributed by atoms with Crippen molar-refractivity contribution in [2.75, 3.05) is 0 Å². The highest BCUT2D eigenvalue weighted by molar-refractivity contribution is 5.40. The summed E-state index contributed by atoms with van der Waals surface area (Å²) in [6.07, 6.45) is 6.36. The molecule has 2 nitrogen and oxygen atoms in total. The van der Waals surface area contributed by atoms with E-state index in [1.807, 2.05) is 12.1 Å². The van der Waals surface area contributed by atoms with Gasteiger partial charge in [-0.15, -0.1) is 0 Å². The molecule has 1 unspecified atom stereocenters. The lowest BCUT2D eigenvalue weighted by Gasteiger charge is -2.43. The number of fused-ring (bicyclic) bond motifs is 1.